The highest BCUT2D eigenvalue weighted by Crippen LogP contribution is 2.44. The van der Waals surface area contributed by atoms with Crippen LogP contribution in [-0.2, 0) is 0 Å². The molecule has 1 heterocycles. The second-order valence-corrected chi connectivity index (χ2v) is 4.46. The second kappa shape index (κ2) is 3.57. The van der Waals surface area contributed by atoms with Crippen LogP contribution in [0.4, 0.5) is 5.13 Å². The first-order valence-electron chi connectivity index (χ1n) is 4.76. The topological polar surface area (TPSA) is 68.0 Å². The molecule has 1 aromatic heterocycles. The fourth-order valence-electron chi connectivity index (χ4n) is 1.38. The van der Waals surface area contributed by atoms with Gasteiger partial charge in [-0.05, 0) is 25.7 Å². The highest BCUT2D eigenvalue weighted by Gasteiger charge is 2.31. The number of nitrogens with two attached hydrogens (primary N) is 1. The van der Waals surface area contributed by atoms with Gasteiger partial charge in [0.2, 0.25) is 0 Å². The first kappa shape index (κ1) is 9.45. The summed E-state index contributed by atoms with van der Waals surface area (Å²) in [6.07, 6.45) is 2.32. The van der Waals surface area contributed by atoms with Crippen molar-refractivity contribution in [1.82, 2.24) is 10.3 Å². The SMILES string of the molecule is CCNC(=O)c1nc(N)sc1C1CC1. The molecule has 1 fully saturated rings. The highest BCUT2D eigenvalue weighted by molar-refractivity contribution is 7.15. The van der Waals surface area contributed by atoms with Gasteiger partial charge in [0.15, 0.2) is 5.13 Å². The van der Waals surface area contributed by atoms with E-state index in [9.17, 15) is 4.79 Å². The van der Waals surface area contributed by atoms with Crippen molar-refractivity contribution < 1.29 is 4.79 Å². The van der Waals surface area contributed by atoms with Gasteiger partial charge in [0, 0.05) is 11.4 Å². The van der Waals surface area contributed by atoms with Crippen LogP contribution >= 0.6 is 11.3 Å². The van der Waals surface area contributed by atoms with Gasteiger partial charge in [-0.2, -0.15) is 0 Å². The zero-order valence-electron chi connectivity index (χ0n) is 8.04. The summed E-state index contributed by atoms with van der Waals surface area (Å²) in [6, 6.07) is 0. The van der Waals surface area contributed by atoms with Gasteiger partial charge in [-0.25, -0.2) is 4.98 Å². The molecule has 76 valence electrons. The summed E-state index contributed by atoms with van der Waals surface area (Å²) in [7, 11) is 0. The van der Waals surface area contributed by atoms with Crippen LogP contribution in [0.25, 0.3) is 0 Å². The number of anilines is 1. The van der Waals surface area contributed by atoms with Gasteiger partial charge in [-0.1, -0.05) is 0 Å². The number of nitrogen functional groups attached to an aromatic ring is 1. The molecule has 0 atom stereocenters. The van der Waals surface area contributed by atoms with E-state index in [1.54, 1.807) is 0 Å². The Morgan fingerprint density at radius 2 is 2.43 bits per heavy atom. The number of nitrogens with one attached hydrogen (secondary N) is 1. The summed E-state index contributed by atoms with van der Waals surface area (Å²) in [5.74, 6) is 0.435. The van der Waals surface area contributed by atoms with E-state index in [4.69, 9.17) is 5.73 Å². The summed E-state index contributed by atoms with van der Waals surface area (Å²) in [6.45, 7) is 2.52. The maximum Gasteiger partial charge on any atom is 0.271 e. The summed E-state index contributed by atoms with van der Waals surface area (Å²) in [5.41, 5.74) is 6.15. The van der Waals surface area contributed by atoms with Crippen molar-refractivity contribution >= 4 is 22.4 Å². The van der Waals surface area contributed by atoms with Gasteiger partial charge in [-0.3, -0.25) is 4.79 Å². The fourth-order valence-corrected chi connectivity index (χ4v) is 2.38. The molecule has 0 aromatic carbocycles. The predicted molar refractivity (Wildman–Crippen MR) is 56.5 cm³/mol. The number of hydrogen-bond acceptors (Lipinski definition) is 4. The van der Waals surface area contributed by atoms with E-state index in [2.05, 4.69) is 10.3 Å². The van der Waals surface area contributed by atoms with Crippen molar-refractivity contribution in [2.75, 3.05) is 12.3 Å². The quantitative estimate of drug-likeness (QED) is 0.793. The van der Waals surface area contributed by atoms with E-state index < -0.39 is 0 Å². The lowest BCUT2D eigenvalue weighted by atomic mass is 10.2. The zero-order valence-corrected chi connectivity index (χ0v) is 8.86. The highest BCUT2D eigenvalue weighted by atomic mass is 32.1. The Morgan fingerprint density at radius 3 is 3.00 bits per heavy atom. The smallest absolute Gasteiger partial charge is 0.271 e. The molecule has 5 heteroatoms. The summed E-state index contributed by atoms with van der Waals surface area (Å²) >= 11 is 1.44. The fraction of sp³-hybridized carbons (Fsp3) is 0.556. The van der Waals surface area contributed by atoms with Crippen molar-refractivity contribution in [3.63, 3.8) is 0 Å². The minimum atomic E-state index is -0.0950. The van der Waals surface area contributed by atoms with Gasteiger partial charge in [0.05, 0.1) is 0 Å². The zero-order chi connectivity index (χ0) is 10.1. The van der Waals surface area contributed by atoms with Crippen molar-refractivity contribution in [3.05, 3.63) is 10.6 Å². The van der Waals surface area contributed by atoms with E-state index in [0.29, 0.717) is 23.3 Å². The monoisotopic (exact) mass is 211 g/mol. The predicted octanol–water partition coefficient (Wildman–Crippen LogP) is 1.35. The van der Waals surface area contributed by atoms with Crippen LogP contribution in [0.3, 0.4) is 0 Å². The van der Waals surface area contributed by atoms with Crippen molar-refractivity contribution in [2.24, 2.45) is 0 Å². The number of carbonyl (C=O) groups excluding carboxylic acids is 1. The molecule has 0 saturated heterocycles. The van der Waals surface area contributed by atoms with Crippen LogP contribution in [-0.4, -0.2) is 17.4 Å². The molecule has 4 nitrogen and oxygen atoms in total. The molecular weight excluding hydrogens is 198 g/mol. The molecular formula is C9H13N3OS. The Balaban J connectivity index is 2.26. The van der Waals surface area contributed by atoms with Gasteiger partial charge < -0.3 is 11.1 Å². The molecule has 0 radical (unpaired) electrons. The van der Waals surface area contributed by atoms with Crippen LogP contribution in [0.1, 0.15) is 41.0 Å². The van der Waals surface area contributed by atoms with E-state index in [1.165, 1.54) is 11.3 Å². The van der Waals surface area contributed by atoms with Crippen LogP contribution in [0.2, 0.25) is 0 Å². The maximum atomic E-state index is 11.6. The van der Waals surface area contributed by atoms with E-state index >= 15 is 0 Å². The molecule has 0 spiro atoms. The minimum absolute atomic E-state index is 0.0950. The van der Waals surface area contributed by atoms with Crippen molar-refractivity contribution in [2.45, 2.75) is 25.7 Å². The van der Waals surface area contributed by atoms with E-state index in [0.717, 1.165) is 17.7 Å². The Hall–Kier alpha value is -1.10. The number of hydrogen-bond donors (Lipinski definition) is 2. The molecule has 2 rings (SSSR count). The lowest BCUT2D eigenvalue weighted by Gasteiger charge is -2.00. The van der Waals surface area contributed by atoms with Gasteiger partial charge in [-0.15, -0.1) is 11.3 Å². The molecule has 1 aliphatic carbocycles. The number of carbonyl (C=O) groups is 1. The lowest BCUT2D eigenvalue weighted by Crippen LogP contribution is -2.24. The van der Waals surface area contributed by atoms with Crippen molar-refractivity contribution in [1.29, 1.82) is 0 Å². The molecule has 1 aliphatic rings. The molecule has 0 unspecified atom stereocenters. The molecule has 0 aliphatic heterocycles. The lowest BCUT2D eigenvalue weighted by molar-refractivity contribution is 0.0950. The number of rotatable bonds is 3. The third-order valence-corrected chi connectivity index (χ3v) is 3.22. The minimum Gasteiger partial charge on any atom is -0.375 e. The standard InChI is InChI=1S/C9H13N3OS/c1-2-11-8(13)6-7(5-3-4-5)14-9(10)12-6/h5H,2-4H2,1H3,(H2,10,12)(H,11,13). The summed E-state index contributed by atoms with van der Waals surface area (Å²) < 4.78 is 0. The summed E-state index contributed by atoms with van der Waals surface area (Å²) in [4.78, 5) is 16.7. The first-order chi connectivity index (χ1) is 6.72. The Morgan fingerprint density at radius 1 is 1.71 bits per heavy atom. The molecule has 1 aromatic rings. The van der Waals surface area contributed by atoms with E-state index in [-0.39, 0.29) is 5.91 Å². The van der Waals surface area contributed by atoms with Crippen LogP contribution in [0.5, 0.6) is 0 Å². The van der Waals surface area contributed by atoms with Gasteiger partial charge in [0.1, 0.15) is 5.69 Å². The Labute approximate surface area is 86.5 Å². The van der Waals surface area contributed by atoms with E-state index in [1.807, 2.05) is 6.92 Å². The number of nitrogens with zero attached hydrogens (tertiary/aromatic N) is 1. The van der Waals surface area contributed by atoms with Crippen molar-refractivity contribution in [3.8, 4) is 0 Å². The average molecular weight is 211 g/mol. The summed E-state index contributed by atoms with van der Waals surface area (Å²) in [5, 5.41) is 3.24. The average Bonchev–Trinajstić information content (AvgIpc) is 2.90. The normalized spacial score (nSPS) is 15.5. The van der Waals surface area contributed by atoms with Crippen LogP contribution < -0.4 is 11.1 Å². The van der Waals surface area contributed by atoms with Crippen LogP contribution in [0, 0.1) is 0 Å². The number of aromatic nitrogens is 1. The first-order valence-corrected chi connectivity index (χ1v) is 5.58. The number of thiazole rings is 1. The molecule has 0 bridgehead atoms. The van der Waals surface area contributed by atoms with Crippen LogP contribution in [0.15, 0.2) is 0 Å². The molecule has 1 amide bonds. The molecule has 3 N–H and O–H groups in total. The Bertz CT molecular complexity index is 357. The van der Waals surface area contributed by atoms with Gasteiger partial charge in [0.25, 0.3) is 5.91 Å². The molecule has 1 saturated carbocycles. The third kappa shape index (κ3) is 1.72. The number of amides is 1. The maximum absolute atomic E-state index is 11.6. The largest absolute Gasteiger partial charge is 0.375 e. The Kier molecular flexibility index (Phi) is 2.41. The van der Waals surface area contributed by atoms with Gasteiger partial charge >= 0.3 is 0 Å². The second-order valence-electron chi connectivity index (χ2n) is 3.40. The molecule has 14 heavy (non-hydrogen) atoms. The third-order valence-electron chi connectivity index (χ3n) is 2.17.